The summed E-state index contributed by atoms with van der Waals surface area (Å²) in [5.41, 5.74) is 5.59. The summed E-state index contributed by atoms with van der Waals surface area (Å²) >= 11 is 4.96. The monoisotopic (exact) mass is 216 g/mol. The average molecular weight is 216 g/mol. The Balaban J connectivity index is 2.25. The van der Waals surface area contributed by atoms with Crippen LogP contribution in [0.4, 0.5) is 0 Å². The molecule has 3 nitrogen and oxygen atoms in total. The predicted molar refractivity (Wildman–Crippen MR) is 62.4 cm³/mol. The molecule has 1 saturated heterocycles. The Morgan fingerprint density at radius 2 is 2.14 bits per heavy atom. The third-order valence-corrected chi connectivity index (χ3v) is 3.29. The number of ether oxygens (including phenoxy) is 1. The minimum atomic E-state index is 0.323. The molecule has 4 heteroatoms. The van der Waals surface area contributed by atoms with Crippen molar-refractivity contribution in [2.75, 3.05) is 26.7 Å². The fourth-order valence-electron chi connectivity index (χ4n) is 1.80. The maximum absolute atomic E-state index is 5.59. The lowest BCUT2D eigenvalue weighted by molar-refractivity contribution is 0.0395. The second-order valence-electron chi connectivity index (χ2n) is 4.04. The van der Waals surface area contributed by atoms with Crippen LogP contribution in [0.2, 0.25) is 0 Å². The van der Waals surface area contributed by atoms with Crippen molar-refractivity contribution >= 4 is 17.2 Å². The van der Waals surface area contributed by atoms with Crippen LogP contribution in [0.25, 0.3) is 0 Å². The predicted octanol–water partition coefficient (Wildman–Crippen LogP) is 1.02. The van der Waals surface area contributed by atoms with Crippen molar-refractivity contribution in [3.63, 3.8) is 0 Å². The highest BCUT2D eigenvalue weighted by molar-refractivity contribution is 7.80. The fourth-order valence-corrected chi connectivity index (χ4v) is 1.88. The third-order valence-electron chi connectivity index (χ3n) is 2.89. The second-order valence-corrected chi connectivity index (χ2v) is 4.51. The molecule has 14 heavy (non-hydrogen) atoms. The Bertz CT molecular complexity index is 191. The van der Waals surface area contributed by atoms with E-state index in [-0.39, 0.29) is 0 Å². The summed E-state index contributed by atoms with van der Waals surface area (Å²) in [6.45, 7) is 5.29. The average Bonchev–Trinajstić information content (AvgIpc) is 2.19. The molecule has 0 saturated carbocycles. The molecule has 0 aromatic heterocycles. The number of hydrogen-bond donors (Lipinski definition) is 1. The minimum absolute atomic E-state index is 0.323. The van der Waals surface area contributed by atoms with Crippen molar-refractivity contribution in [1.29, 1.82) is 0 Å². The molecule has 1 rings (SSSR count). The molecular weight excluding hydrogens is 196 g/mol. The molecule has 0 bridgehead atoms. The van der Waals surface area contributed by atoms with Gasteiger partial charge in [-0.1, -0.05) is 19.1 Å². The van der Waals surface area contributed by atoms with Crippen LogP contribution in [0.5, 0.6) is 0 Å². The van der Waals surface area contributed by atoms with Crippen LogP contribution in [0, 0.1) is 5.92 Å². The number of piperidine rings is 1. The normalized spacial score (nSPS) is 22.1. The van der Waals surface area contributed by atoms with Gasteiger partial charge in [0.05, 0.1) is 11.1 Å². The van der Waals surface area contributed by atoms with Crippen molar-refractivity contribution < 1.29 is 4.74 Å². The first-order chi connectivity index (χ1) is 6.63. The highest BCUT2D eigenvalue weighted by atomic mass is 32.1. The summed E-state index contributed by atoms with van der Waals surface area (Å²) in [4.78, 5) is 3.04. The second kappa shape index (κ2) is 5.63. The number of thiocarbonyl (C=S) groups is 1. The number of nitrogens with two attached hydrogens (primary N) is 1. The van der Waals surface area contributed by atoms with Crippen LogP contribution in [0.1, 0.15) is 19.8 Å². The number of methoxy groups -OCH3 is 1. The molecule has 0 aromatic carbocycles. The first-order valence-corrected chi connectivity index (χ1v) is 5.58. The van der Waals surface area contributed by atoms with E-state index in [1.54, 1.807) is 7.11 Å². The smallest absolute Gasteiger partial charge is 0.0768 e. The van der Waals surface area contributed by atoms with Crippen molar-refractivity contribution in [2.45, 2.75) is 25.9 Å². The highest BCUT2D eigenvalue weighted by Gasteiger charge is 2.20. The zero-order chi connectivity index (χ0) is 10.6. The van der Waals surface area contributed by atoms with Gasteiger partial charge in [0.2, 0.25) is 0 Å². The van der Waals surface area contributed by atoms with Gasteiger partial charge in [0.25, 0.3) is 0 Å². The SMILES string of the molecule is COC1CCN(CC(C)C(N)=S)CC1. The van der Waals surface area contributed by atoms with Gasteiger partial charge < -0.3 is 15.4 Å². The van der Waals surface area contributed by atoms with E-state index in [0.29, 0.717) is 17.0 Å². The molecule has 0 radical (unpaired) electrons. The lowest BCUT2D eigenvalue weighted by Gasteiger charge is -2.32. The lowest BCUT2D eigenvalue weighted by atomic mass is 10.1. The largest absolute Gasteiger partial charge is 0.393 e. The highest BCUT2D eigenvalue weighted by Crippen LogP contribution is 2.14. The van der Waals surface area contributed by atoms with E-state index in [9.17, 15) is 0 Å². The topological polar surface area (TPSA) is 38.5 Å². The van der Waals surface area contributed by atoms with E-state index in [4.69, 9.17) is 22.7 Å². The van der Waals surface area contributed by atoms with E-state index in [1.807, 2.05) is 0 Å². The first-order valence-electron chi connectivity index (χ1n) is 5.18. The molecule has 82 valence electrons. The summed E-state index contributed by atoms with van der Waals surface area (Å²) in [5, 5.41) is 0. The molecule has 0 spiro atoms. The first kappa shape index (κ1) is 11.9. The van der Waals surface area contributed by atoms with Crippen LogP contribution in [-0.2, 0) is 4.74 Å². The molecule has 1 aliphatic rings. The van der Waals surface area contributed by atoms with Gasteiger partial charge >= 0.3 is 0 Å². The van der Waals surface area contributed by atoms with E-state index in [2.05, 4.69) is 11.8 Å². The molecule has 1 aliphatic heterocycles. The Labute approximate surface area is 91.6 Å². The van der Waals surface area contributed by atoms with Crippen molar-refractivity contribution in [1.82, 2.24) is 4.90 Å². The molecule has 1 heterocycles. The molecule has 0 amide bonds. The van der Waals surface area contributed by atoms with Crippen LogP contribution in [0.3, 0.4) is 0 Å². The Hall–Kier alpha value is -0.190. The van der Waals surface area contributed by atoms with Gasteiger partial charge in [0, 0.05) is 32.7 Å². The van der Waals surface area contributed by atoms with Crippen LogP contribution >= 0.6 is 12.2 Å². The number of nitrogens with zero attached hydrogens (tertiary/aromatic N) is 1. The van der Waals surface area contributed by atoms with Gasteiger partial charge in [0.1, 0.15) is 0 Å². The zero-order valence-electron chi connectivity index (χ0n) is 9.03. The summed E-state index contributed by atoms with van der Waals surface area (Å²) in [6, 6.07) is 0. The van der Waals surface area contributed by atoms with Gasteiger partial charge in [-0.2, -0.15) is 0 Å². The molecule has 1 fully saturated rings. The number of rotatable bonds is 4. The van der Waals surface area contributed by atoms with Gasteiger partial charge in [-0.05, 0) is 12.8 Å². The maximum Gasteiger partial charge on any atom is 0.0768 e. The van der Waals surface area contributed by atoms with Crippen LogP contribution < -0.4 is 5.73 Å². The zero-order valence-corrected chi connectivity index (χ0v) is 9.85. The minimum Gasteiger partial charge on any atom is -0.393 e. The van der Waals surface area contributed by atoms with Gasteiger partial charge in [-0.15, -0.1) is 0 Å². The van der Waals surface area contributed by atoms with Gasteiger partial charge in [-0.25, -0.2) is 0 Å². The summed E-state index contributed by atoms with van der Waals surface area (Å²) in [5.74, 6) is 0.323. The summed E-state index contributed by atoms with van der Waals surface area (Å²) in [7, 11) is 1.79. The number of likely N-dealkylation sites (tertiary alicyclic amines) is 1. The fraction of sp³-hybridized carbons (Fsp3) is 0.900. The number of hydrogen-bond acceptors (Lipinski definition) is 3. The summed E-state index contributed by atoms with van der Waals surface area (Å²) in [6.07, 6.45) is 2.70. The maximum atomic E-state index is 5.59. The van der Waals surface area contributed by atoms with Gasteiger partial charge in [-0.3, -0.25) is 0 Å². The molecule has 0 aromatic rings. The van der Waals surface area contributed by atoms with Crippen molar-refractivity contribution in [3.8, 4) is 0 Å². The Kier molecular flexibility index (Phi) is 4.78. The Morgan fingerprint density at radius 3 is 2.57 bits per heavy atom. The quantitative estimate of drug-likeness (QED) is 0.712. The van der Waals surface area contributed by atoms with Crippen LogP contribution in [-0.4, -0.2) is 42.7 Å². The molecule has 0 aliphatic carbocycles. The van der Waals surface area contributed by atoms with E-state index in [1.165, 1.54) is 0 Å². The van der Waals surface area contributed by atoms with Crippen molar-refractivity contribution in [2.24, 2.45) is 11.7 Å². The molecule has 1 unspecified atom stereocenters. The standard InChI is InChI=1S/C10H20N2OS/c1-8(10(11)14)7-12-5-3-9(13-2)4-6-12/h8-9H,3-7H2,1-2H3,(H2,11,14). The van der Waals surface area contributed by atoms with Gasteiger partial charge in [0.15, 0.2) is 0 Å². The van der Waals surface area contributed by atoms with E-state index < -0.39 is 0 Å². The molecule has 2 N–H and O–H groups in total. The third kappa shape index (κ3) is 3.52. The molecular formula is C10H20N2OS. The van der Waals surface area contributed by atoms with Crippen LogP contribution in [0.15, 0.2) is 0 Å². The summed E-state index contributed by atoms with van der Waals surface area (Å²) < 4.78 is 5.31. The molecule has 1 atom stereocenters. The van der Waals surface area contributed by atoms with E-state index >= 15 is 0 Å². The Morgan fingerprint density at radius 1 is 1.57 bits per heavy atom. The van der Waals surface area contributed by atoms with Crippen molar-refractivity contribution in [3.05, 3.63) is 0 Å². The van der Waals surface area contributed by atoms with E-state index in [0.717, 1.165) is 32.5 Å². The lowest BCUT2D eigenvalue weighted by Crippen LogP contribution is -2.41.